The van der Waals surface area contributed by atoms with Crippen molar-refractivity contribution in [2.24, 2.45) is 11.8 Å². The van der Waals surface area contributed by atoms with E-state index in [4.69, 9.17) is 37.0 Å². The van der Waals surface area contributed by atoms with Gasteiger partial charge in [-0.05, 0) is 37.5 Å². The summed E-state index contributed by atoms with van der Waals surface area (Å²) in [5.41, 5.74) is 0. The minimum Gasteiger partial charge on any atom is -0.462 e. The van der Waals surface area contributed by atoms with Gasteiger partial charge in [-0.15, -0.1) is 0 Å². The zero-order valence-corrected chi connectivity index (χ0v) is 70.1. The van der Waals surface area contributed by atoms with Gasteiger partial charge in [0.1, 0.15) is 19.3 Å². The van der Waals surface area contributed by atoms with E-state index < -0.39 is 97.5 Å². The maximum Gasteiger partial charge on any atom is 0.472 e. The minimum absolute atomic E-state index is 0.108. The third-order valence-corrected chi connectivity index (χ3v) is 21.9. The van der Waals surface area contributed by atoms with Crippen LogP contribution in [0.3, 0.4) is 0 Å². The van der Waals surface area contributed by atoms with Gasteiger partial charge in [0.05, 0.1) is 26.4 Å². The van der Waals surface area contributed by atoms with Gasteiger partial charge in [-0.2, -0.15) is 0 Å². The monoisotopic (exact) mass is 1520 g/mol. The van der Waals surface area contributed by atoms with E-state index >= 15 is 0 Å². The molecule has 2 unspecified atom stereocenters. The molecule has 0 heterocycles. The zero-order chi connectivity index (χ0) is 76.4. The SMILES string of the molecule is CCCCCCCCCCCCCCCCC(=O)O[C@H](COC(=O)CCCCCCCCCCCC)COP(=O)(O)OC[C@H](O)COP(=O)(O)OC[C@@H](COC(=O)CCCCCCCCCCCCCCCCCCC(C)C)OC(=O)CCCCCCCCCCCCCCCCCCCCC(C)C. The first kappa shape index (κ1) is 102. The first-order valence-corrected chi connectivity index (χ1v) is 47.0. The number of hydrogen-bond donors (Lipinski definition) is 3. The summed E-state index contributed by atoms with van der Waals surface area (Å²) in [6.07, 6.45) is 68.0. The molecule has 0 rings (SSSR count). The van der Waals surface area contributed by atoms with Crippen LogP contribution in [0.4, 0.5) is 0 Å². The Hall–Kier alpha value is -1.94. The van der Waals surface area contributed by atoms with Crippen molar-refractivity contribution in [1.82, 2.24) is 0 Å². The van der Waals surface area contributed by atoms with Gasteiger partial charge in [-0.3, -0.25) is 37.3 Å². The minimum atomic E-state index is -4.96. The van der Waals surface area contributed by atoms with Crippen molar-refractivity contribution in [3.8, 4) is 0 Å². The van der Waals surface area contributed by atoms with Crippen LogP contribution in [0.1, 0.15) is 452 Å². The molecule has 0 amide bonds. The highest BCUT2D eigenvalue weighted by molar-refractivity contribution is 7.47. The summed E-state index contributed by atoms with van der Waals surface area (Å²) in [5, 5.41) is 10.7. The Morgan fingerprint density at radius 3 is 0.654 bits per heavy atom. The third kappa shape index (κ3) is 78.2. The zero-order valence-electron chi connectivity index (χ0n) is 68.3. The molecule has 0 aliphatic rings. The summed E-state index contributed by atoms with van der Waals surface area (Å²) in [5.74, 6) is -0.469. The average molecular weight is 1520 g/mol. The fourth-order valence-corrected chi connectivity index (χ4v) is 14.8. The van der Waals surface area contributed by atoms with Crippen molar-refractivity contribution in [3.63, 3.8) is 0 Å². The Balaban J connectivity index is 5.22. The molecule has 0 aromatic rings. The van der Waals surface area contributed by atoms with Gasteiger partial charge in [-0.25, -0.2) is 9.13 Å². The Labute approximate surface area is 638 Å². The van der Waals surface area contributed by atoms with E-state index in [9.17, 15) is 43.2 Å². The van der Waals surface area contributed by atoms with Gasteiger partial charge in [0.25, 0.3) is 0 Å². The van der Waals surface area contributed by atoms with Crippen molar-refractivity contribution in [2.75, 3.05) is 39.6 Å². The van der Waals surface area contributed by atoms with Crippen LogP contribution in [0.2, 0.25) is 0 Å². The lowest BCUT2D eigenvalue weighted by atomic mass is 10.0. The molecule has 0 spiro atoms. The maximum atomic E-state index is 13.1. The molecule has 17 nitrogen and oxygen atoms in total. The molecule has 618 valence electrons. The Morgan fingerprint density at radius 2 is 0.442 bits per heavy atom. The van der Waals surface area contributed by atoms with Gasteiger partial charge in [0.2, 0.25) is 0 Å². The smallest absolute Gasteiger partial charge is 0.462 e. The van der Waals surface area contributed by atoms with E-state index in [1.807, 2.05) is 0 Å². The predicted molar refractivity (Wildman–Crippen MR) is 428 cm³/mol. The van der Waals surface area contributed by atoms with Gasteiger partial charge < -0.3 is 33.8 Å². The number of unbranched alkanes of at least 4 members (excludes halogenated alkanes) is 54. The van der Waals surface area contributed by atoms with E-state index in [0.29, 0.717) is 25.7 Å². The van der Waals surface area contributed by atoms with E-state index in [1.165, 1.54) is 270 Å². The third-order valence-electron chi connectivity index (χ3n) is 20.0. The number of esters is 4. The van der Waals surface area contributed by atoms with Gasteiger partial charge >= 0.3 is 39.5 Å². The van der Waals surface area contributed by atoms with Crippen molar-refractivity contribution in [3.05, 3.63) is 0 Å². The molecular weight excluding hydrogens is 1350 g/mol. The van der Waals surface area contributed by atoms with Crippen molar-refractivity contribution >= 4 is 39.5 Å². The van der Waals surface area contributed by atoms with E-state index in [-0.39, 0.29) is 25.7 Å². The molecule has 0 aliphatic carbocycles. The lowest BCUT2D eigenvalue weighted by molar-refractivity contribution is -0.161. The van der Waals surface area contributed by atoms with Crippen LogP contribution >= 0.6 is 15.6 Å². The summed E-state index contributed by atoms with van der Waals surface area (Å²) in [4.78, 5) is 73.1. The van der Waals surface area contributed by atoms with Crippen LogP contribution in [-0.4, -0.2) is 96.7 Å². The maximum absolute atomic E-state index is 13.1. The number of phosphoric ester groups is 2. The van der Waals surface area contributed by atoms with Crippen molar-refractivity contribution in [1.29, 1.82) is 0 Å². The first-order valence-electron chi connectivity index (χ1n) is 44.0. The number of aliphatic hydroxyl groups excluding tert-OH is 1. The normalized spacial score (nSPS) is 13.8. The van der Waals surface area contributed by atoms with Crippen LogP contribution in [0.15, 0.2) is 0 Å². The summed E-state index contributed by atoms with van der Waals surface area (Å²) < 4.78 is 68.8. The molecule has 0 saturated heterocycles. The Bertz CT molecular complexity index is 1990. The number of ether oxygens (including phenoxy) is 4. The summed E-state index contributed by atoms with van der Waals surface area (Å²) in [7, 11) is -9.92. The lowest BCUT2D eigenvalue weighted by Crippen LogP contribution is -2.30. The quantitative estimate of drug-likeness (QED) is 0.0222. The number of carbonyl (C=O) groups excluding carboxylic acids is 4. The summed E-state index contributed by atoms with van der Waals surface area (Å²) >= 11 is 0. The molecule has 0 bridgehead atoms. The highest BCUT2D eigenvalue weighted by atomic mass is 31.2. The van der Waals surface area contributed by atoms with E-state index in [0.717, 1.165) is 102 Å². The second kappa shape index (κ2) is 76.4. The molecule has 3 N–H and O–H groups in total. The molecule has 0 radical (unpaired) electrons. The molecule has 104 heavy (non-hydrogen) atoms. The molecule has 0 fully saturated rings. The fourth-order valence-electron chi connectivity index (χ4n) is 13.2. The number of rotatable bonds is 84. The summed E-state index contributed by atoms with van der Waals surface area (Å²) in [6.45, 7) is 9.73. The Kier molecular flexibility index (Phi) is 75.0. The summed E-state index contributed by atoms with van der Waals surface area (Å²) in [6, 6.07) is 0. The second-order valence-corrected chi connectivity index (χ2v) is 34.4. The molecule has 0 saturated carbocycles. The van der Waals surface area contributed by atoms with Crippen LogP contribution in [-0.2, 0) is 65.4 Å². The van der Waals surface area contributed by atoms with Crippen LogP contribution in [0, 0.1) is 11.8 Å². The van der Waals surface area contributed by atoms with Gasteiger partial charge in [-0.1, -0.05) is 401 Å². The van der Waals surface area contributed by atoms with Gasteiger partial charge in [0.15, 0.2) is 12.2 Å². The molecule has 5 atom stereocenters. The molecule has 0 aromatic heterocycles. The molecular formula is C85H166O17P2. The highest BCUT2D eigenvalue weighted by Crippen LogP contribution is 2.45. The molecule has 19 heteroatoms. The fraction of sp³-hybridized carbons (Fsp3) is 0.953. The Morgan fingerprint density at radius 1 is 0.260 bits per heavy atom. The van der Waals surface area contributed by atoms with E-state index in [2.05, 4.69) is 41.5 Å². The average Bonchev–Trinajstić information content (AvgIpc) is 0.914. The van der Waals surface area contributed by atoms with Crippen molar-refractivity contribution in [2.45, 2.75) is 471 Å². The standard InChI is InChI=1S/C85H166O17P2/c1-7-9-11-13-15-17-19-20-33-39-45-51-57-63-69-84(89)101-80(73-95-82(87)67-61-55-49-43-18-16-14-12-10-8-2)75-99-103(91,92)97-71-79(86)72-98-104(93,94)100-76-81(74-96-83(88)68-62-56-50-44-38-34-29-26-25-28-32-37-42-48-54-60-66-78(5)6)102-85(90)70-64-58-52-46-40-35-30-24-22-21-23-27-31-36-41-47-53-59-65-77(3)4/h77-81,86H,7-76H2,1-6H3,(H,91,92)(H,93,94)/t79-,80+,81+/m0/s1. The number of hydrogen-bond acceptors (Lipinski definition) is 15. The number of aliphatic hydroxyl groups is 1. The molecule has 0 aromatic carbocycles. The predicted octanol–water partition coefficient (Wildman–Crippen LogP) is 25.8. The number of carbonyl (C=O) groups is 4. The second-order valence-electron chi connectivity index (χ2n) is 31.5. The van der Waals surface area contributed by atoms with E-state index in [1.54, 1.807) is 0 Å². The van der Waals surface area contributed by atoms with Crippen LogP contribution < -0.4 is 0 Å². The lowest BCUT2D eigenvalue weighted by Gasteiger charge is -2.21. The van der Waals surface area contributed by atoms with Crippen molar-refractivity contribution < 1.29 is 80.2 Å². The topological polar surface area (TPSA) is 237 Å². The molecule has 0 aliphatic heterocycles. The van der Waals surface area contributed by atoms with Crippen LogP contribution in [0.5, 0.6) is 0 Å². The first-order chi connectivity index (χ1) is 50.4. The number of phosphoric acid groups is 2. The van der Waals surface area contributed by atoms with Crippen LogP contribution in [0.25, 0.3) is 0 Å². The highest BCUT2D eigenvalue weighted by Gasteiger charge is 2.30. The van der Waals surface area contributed by atoms with Gasteiger partial charge in [0, 0.05) is 25.7 Å². The largest absolute Gasteiger partial charge is 0.472 e.